The third kappa shape index (κ3) is 4.11. The predicted molar refractivity (Wildman–Crippen MR) is 97.5 cm³/mol. The van der Waals surface area contributed by atoms with Crippen LogP contribution in [0.1, 0.15) is 23.0 Å². The van der Waals surface area contributed by atoms with E-state index in [0.717, 1.165) is 17.0 Å². The number of aromatic amines is 1. The fourth-order valence-electron chi connectivity index (χ4n) is 2.43. The van der Waals surface area contributed by atoms with Crippen molar-refractivity contribution in [3.05, 3.63) is 65.9 Å². The van der Waals surface area contributed by atoms with Gasteiger partial charge in [0, 0.05) is 35.1 Å². The fourth-order valence-corrected chi connectivity index (χ4v) is 2.43. The second kappa shape index (κ2) is 7.00. The van der Waals surface area contributed by atoms with Gasteiger partial charge in [-0.3, -0.25) is 14.7 Å². The van der Waals surface area contributed by atoms with E-state index in [1.807, 2.05) is 37.3 Å². The van der Waals surface area contributed by atoms with E-state index in [2.05, 4.69) is 20.8 Å². The van der Waals surface area contributed by atoms with Gasteiger partial charge in [-0.1, -0.05) is 12.1 Å². The largest absolute Gasteiger partial charge is 0.326 e. The first kappa shape index (κ1) is 16.4. The zero-order valence-electron chi connectivity index (χ0n) is 14.0. The number of aromatic nitrogens is 2. The van der Waals surface area contributed by atoms with Crippen LogP contribution in [0.2, 0.25) is 0 Å². The molecule has 0 radical (unpaired) electrons. The molecule has 0 saturated heterocycles. The van der Waals surface area contributed by atoms with Crippen LogP contribution in [0.5, 0.6) is 0 Å². The van der Waals surface area contributed by atoms with Gasteiger partial charge in [0.15, 0.2) is 0 Å². The Hall–Kier alpha value is -3.41. The molecule has 2 aromatic carbocycles. The van der Waals surface area contributed by atoms with Crippen LogP contribution < -0.4 is 10.6 Å². The number of amides is 2. The minimum Gasteiger partial charge on any atom is -0.326 e. The zero-order chi connectivity index (χ0) is 17.8. The molecule has 1 aromatic heterocycles. The highest BCUT2D eigenvalue weighted by atomic mass is 16.2. The summed E-state index contributed by atoms with van der Waals surface area (Å²) in [6, 6.07) is 16.2. The molecule has 6 heteroatoms. The van der Waals surface area contributed by atoms with Crippen molar-refractivity contribution in [1.82, 2.24) is 10.2 Å². The summed E-state index contributed by atoms with van der Waals surface area (Å²) in [6.07, 6.45) is 0. The normalized spacial score (nSPS) is 10.3. The van der Waals surface area contributed by atoms with Crippen LogP contribution in [-0.4, -0.2) is 22.0 Å². The van der Waals surface area contributed by atoms with Gasteiger partial charge in [-0.15, -0.1) is 0 Å². The first-order chi connectivity index (χ1) is 12.0. The summed E-state index contributed by atoms with van der Waals surface area (Å²) in [5, 5.41) is 12.7. The zero-order valence-corrected chi connectivity index (χ0v) is 14.0. The highest BCUT2D eigenvalue weighted by Crippen LogP contribution is 2.22. The van der Waals surface area contributed by atoms with E-state index in [-0.39, 0.29) is 11.8 Å². The second-order valence-electron chi connectivity index (χ2n) is 5.73. The number of carbonyl (C=O) groups excluding carboxylic acids is 2. The van der Waals surface area contributed by atoms with Crippen LogP contribution in [-0.2, 0) is 4.79 Å². The molecule has 0 aliphatic rings. The lowest BCUT2D eigenvalue weighted by Crippen LogP contribution is -2.12. The quantitative estimate of drug-likeness (QED) is 0.681. The van der Waals surface area contributed by atoms with Crippen molar-refractivity contribution in [2.75, 3.05) is 10.6 Å². The number of aryl methyl sites for hydroxylation is 1. The van der Waals surface area contributed by atoms with Gasteiger partial charge >= 0.3 is 0 Å². The number of benzene rings is 2. The van der Waals surface area contributed by atoms with Gasteiger partial charge in [-0.25, -0.2) is 0 Å². The van der Waals surface area contributed by atoms with Crippen molar-refractivity contribution >= 4 is 23.2 Å². The Labute approximate surface area is 145 Å². The average Bonchev–Trinajstić information content (AvgIpc) is 3.02. The number of carbonyl (C=O) groups is 2. The number of hydrogen-bond acceptors (Lipinski definition) is 3. The number of H-pyrrole nitrogens is 1. The smallest absolute Gasteiger partial charge is 0.255 e. The lowest BCUT2D eigenvalue weighted by molar-refractivity contribution is -0.114. The van der Waals surface area contributed by atoms with Crippen LogP contribution in [0, 0.1) is 6.92 Å². The molecule has 0 unspecified atom stereocenters. The molecule has 3 N–H and O–H groups in total. The predicted octanol–water partition coefficient (Wildman–Crippen LogP) is 3.60. The van der Waals surface area contributed by atoms with Gasteiger partial charge in [0.1, 0.15) is 0 Å². The minimum atomic E-state index is -0.218. The van der Waals surface area contributed by atoms with E-state index in [0.29, 0.717) is 16.9 Å². The van der Waals surface area contributed by atoms with Crippen LogP contribution in [0.4, 0.5) is 11.4 Å². The molecule has 0 fully saturated rings. The summed E-state index contributed by atoms with van der Waals surface area (Å²) >= 11 is 0. The summed E-state index contributed by atoms with van der Waals surface area (Å²) in [6.45, 7) is 3.38. The van der Waals surface area contributed by atoms with Crippen LogP contribution in [0.3, 0.4) is 0 Å². The molecule has 0 bridgehead atoms. The van der Waals surface area contributed by atoms with E-state index in [9.17, 15) is 9.59 Å². The SMILES string of the molecule is CC(=O)Nc1ccc(C(=O)Nc2cccc(-c3cc(C)[nH]n3)c2)cc1. The van der Waals surface area contributed by atoms with Crippen molar-refractivity contribution < 1.29 is 9.59 Å². The average molecular weight is 334 g/mol. The van der Waals surface area contributed by atoms with Crippen molar-refractivity contribution in [2.24, 2.45) is 0 Å². The first-order valence-corrected chi connectivity index (χ1v) is 7.83. The minimum absolute atomic E-state index is 0.150. The third-order valence-electron chi connectivity index (χ3n) is 3.59. The number of nitrogens with zero attached hydrogens (tertiary/aromatic N) is 1. The molecular weight excluding hydrogens is 316 g/mol. The summed E-state index contributed by atoms with van der Waals surface area (Å²) in [7, 11) is 0. The van der Waals surface area contributed by atoms with Crippen LogP contribution in [0.25, 0.3) is 11.3 Å². The number of rotatable bonds is 4. The monoisotopic (exact) mass is 334 g/mol. The molecule has 126 valence electrons. The first-order valence-electron chi connectivity index (χ1n) is 7.83. The molecule has 2 amide bonds. The number of nitrogens with one attached hydrogen (secondary N) is 3. The molecule has 0 atom stereocenters. The maximum absolute atomic E-state index is 12.4. The maximum Gasteiger partial charge on any atom is 0.255 e. The van der Waals surface area contributed by atoms with Crippen molar-refractivity contribution in [3.63, 3.8) is 0 Å². The maximum atomic E-state index is 12.4. The highest BCUT2D eigenvalue weighted by Gasteiger charge is 2.08. The molecule has 1 heterocycles. The van der Waals surface area contributed by atoms with Crippen molar-refractivity contribution in [3.8, 4) is 11.3 Å². The van der Waals surface area contributed by atoms with Gasteiger partial charge in [0.05, 0.1) is 5.69 Å². The van der Waals surface area contributed by atoms with Crippen molar-refractivity contribution in [1.29, 1.82) is 0 Å². The molecule has 3 aromatic rings. The summed E-state index contributed by atoms with van der Waals surface area (Å²) in [4.78, 5) is 23.4. The van der Waals surface area contributed by atoms with Gasteiger partial charge in [-0.05, 0) is 49.4 Å². The molecular formula is C19H18N4O2. The lowest BCUT2D eigenvalue weighted by Gasteiger charge is -2.08. The molecule has 0 saturated carbocycles. The molecule has 6 nitrogen and oxygen atoms in total. The lowest BCUT2D eigenvalue weighted by atomic mass is 10.1. The molecule has 25 heavy (non-hydrogen) atoms. The number of anilines is 2. The summed E-state index contributed by atoms with van der Waals surface area (Å²) < 4.78 is 0. The third-order valence-corrected chi connectivity index (χ3v) is 3.59. The Kier molecular flexibility index (Phi) is 4.61. The number of hydrogen-bond donors (Lipinski definition) is 3. The Bertz CT molecular complexity index is 913. The van der Waals surface area contributed by atoms with Crippen LogP contribution in [0.15, 0.2) is 54.6 Å². The molecule has 0 spiro atoms. The molecule has 3 rings (SSSR count). The second-order valence-corrected chi connectivity index (χ2v) is 5.73. The molecule has 0 aliphatic carbocycles. The van der Waals surface area contributed by atoms with E-state index in [1.165, 1.54) is 6.92 Å². The Balaban J connectivity index is 1.73. The van der Waals surface area contributed by atoms with E-state index < -0.39 is 0 Å². The highest BCUT2D eigenvalue weighted by molar-refractivity contribution is 6.04. The summed E-state index contributed by atoms with van der Waals surface area (Å²) in [5.41, 5.74) is 4.57. The van der Waals surface area contributed by atoms with Crippen LogP contribution >= 0.6 is 0 Å². The molecule has 0 aliphatic heterocycles. The topological polar surface area (TPSA) is 86.9 Å². The van der Waals surface area contributed by atoms with E-state index in [4.69, 9.17) is 0 Å². The Morgan fingerprint density at radius 2 is 1.72 bits per heavy atom. The van der Waals surface area contributed by atoms with Gasteiger partial charge in [-0.2, -0.15) is 5.10 Å². The fraction of sp³-hybridized carbons (Fsp3) is 0.105. The van der Waals surface area contributed by atoms with E-state index >= 15 is 0 Å². The van der Waals surface area contributed by atoms with E-state index in [1.54, 1.807) is 24.3 Å². The Morgan fingerprint density at radius 1 is 0.960 bits per heavy atom. The van der Waals surface area contributed by atoms with Gasteiger partial charge < -0.3 is 10.6 Å². The summed E-state index contributed by atoms with van der Waals surface area (Å²) in [5.74, 6) is -0.368. The Morgan fingerprint density at radius 3 is 2.36 bits per heavy atom. The van der Waals surface area contributed by atoms with Gasteiger partial charge in [0.25, 0.3) is 5.91 Å². The van der Waals surface area contributed by atoms with Crippen molar-refractivity contribution in [2.45, 2.75) is 13.8 Å². The standard InChI is InChI=1S/C19H18N4O2/c1-12-10-18(23-22-12)15-4-3-5-17(11-15)21-19(25)14-6-8-16(9-7-14)20-13(2)24/h3-11H,1-2H3,(H,20,24)(H,21,25)(H,22,23). The van der Waals surface area contributed by atoms with Gasteiger partial charge in [0.2, 0.25) is 5.91 Å².